The third-order valence-corrected chi connectivity index (χ3v) is 4.61. The molecule has 1 aromatic rings. The summed E-state index contributed by atoms with van der Waals surface area (Å²) in [6, 6.07) is 2.30. The molecule has 0 bridgehead atoms. The predicted octanol–water partition coefficient (Wildman–Crippen LogP) is 0.600. The molecule has 4 N–H and O–H groups in total. The Morgan fingerprint density at radius 1 is 1.30 bits per heavy atom. The van der Waals surface area contributed by atoms with E-state index < -0.39 is 39.3 Å². The van der Waals surface area contributed by atoms with Crippen LogP contribution in [0.15, 0.2) is 23.1 Å². The Labute approximate surface area is 124 Å². The van der Waals surface area contributed by atoms with E-state index in [0.29, 0.717) is 0 Å². The summed E-state index contributed by atoms with van der Waals surface area (Å²) in [5, 5.41) is 8.52. The highest BCUT2D eigenvalue weighted by Crippen LogP contribution is 2.28. The van der Waals surface area contributed by atoms with Gasteiger partial charge in [0, 0.05) is 0 Å². The maximum absolute atomic E-state index is 12.1. The molecule has 0 unspecified atom stereocenters. The van der Waals surface area contributed by atoms with Gasteiger partial charge in [-0.15, -0.1) is 0 Å². The molecule has 0 aromatic heterocycles. The normalized spacial score (nSPS) is 12.9. The van der Waals surface area contributed by atoms with Crippen LogP contribution in [0.2, 0.25) is 10.0 Å². The first-order valence-corrected chi connectivity index (χ1v) is 7.36. The van der Waals surface area contributed by atoms with Crippen LogP contribution >= 0.6 is 23.2 Å². The van der Waals surface area contributed by atoms with E-state index in [9.17, 15) is 18.0 Å². The van der Waals surface area contributed by atoms with Crippen molar-refractivity contribution in [2.24, 2.45) is 5.73 Å². The van der Waals surface area contributed by atoms with Crippen molar-refractivity contribution in [3.8, 4) is 0 Å². The minimum atomic E-state index is -4.31. The first-order chi connectivity index (χ1) is 9.15. The zero-order valence-electron chi connectivity index (χ0n) is 9.84. The topological polar surface area (TPSA) is 127 Å². The second-order valence-electron chi connectivity index (χ2n) is 3.73. The first kappa shape index (κ1) is 16.7. The number of nitrogens with two attached hydrogens (primary N) is 1. The Bertz CT molecular complexity index is 627. The number of primary amides is 1. The lowest BCUT2D eigenvalue weighted by Gasteiger charge is -2.14. The summed E-state index contributed by atoms with van der Waals surface area (Å²) in [5.74, 6) is -2.51. The second kappa shape index (κ2) is 6.40. The number of carbonyl (C=O) groups excluding carboxylic acids is 1. The molecular weight excluding hydrogens is 331 g/mol. The van der Waals surface area contributed by atoms with Crippen molar-refractivity contribution >= 4 is 45.1 Å². The first-order valence-electron chi connectivity index (χ1n) is 5.12. The van der Waals surface area contributed by atoms with E-state index in [4.69, 9.17) is 34.0 Å². The zero-order chi connectivity index (χ0) is 15.5. The van der Waals surface area contributed by atoms with E-state index in [1.807, 2.05) is 4.72 Å². The second-order valence-corrected chi connectivity index (χ2v) is 6.20. The fourth-order valence-electron chi connectivity index (χ4n) is 1.37. The number of nitrogens with one attached hydrogen (secondary N) is 1. The summed E-state index contributed by atoms with van der Waals surface area (Å²) < 4.78 is 26.0. The van der Waals surface area contributed by atoms with Crippen LogP contribution in [0.3, 0.4) is 0 Å². The van der Waals surface area contributed by atoms with Gasteiger partial charge in [0.2, 0.25) is 15.9 Å². The van der Waals surface area contributed by atoms with Crippen LogP contribution in [0.25, 0.3) is 0 Å². The molecule has 110 valence electrons. The van der Waals surface area contributed by atoms with Gasteiger partial charge in [-0.05, 0) is 12.1 Å². The van der Waals surface area contributed by atoms with Gasteiger partial charge in [-0.3, -0.25) is 9.59 Å². The summed E-state index contributed by atoms with van der Waals surface area (Å²) in [7, 11) is -4.31. The lowest BCUT2D eigenvalue weighted by atomic mass is 10.2. The number of benzene rings is 1. The Hall–Kier alpha value is -1.35. The van der Waals surface area contributed by atoms with Crippen LogP contribution in [0, 0.1) is 0 Å². The van der Waals surface area contributed by atoms with Crippen molar-refractivity contribution in [1.82, 2.24) is 4.72 Å². The van der Waals surface area contributed by atoms with Gasteiger partial charge in [-0.1, -0.05) is 29.3 Å². The molecule has 0 spiro atoms. The van der Waals surface area contributed by atoms with Crippen molar-refractivity contribution in [3.63, 3.8) is 0 Å². The molecule has 20 heavy (non-hydrogen) atoms. The number of hydrogen-bond donors (Lipinski definition) is 3. The average molecular weight is 341 g/mol. The van der Waals surface area contributed by atoms with Crippen molar-refractivity contribution in [1.29, 1.82) is 0 Å². The number of sulfonamides is 1. The van der Waals surface area contributed by atoms with E-state index in [-0.39, 0.29) is 10.0 Å². The van der Waals surface area contributed by atoms with Gasteiger partial charge in [0.1, 0.15) is 10.9 Å². The van der Waals surface area contributed by atoms with Crippen molar-refractivity contribution < 1.29 is 23.1 Å². The molecule has 1 amide bonds. The lowest BCUT2D eigenvalue weighted by Crippen LogP contribution is -2.43. The summed E-state index contributed by atoms with van der Waals surface area (Å²) >= 11 is 11.5. The Morgan fingerprint density at radius 3 is 2.20 bits per heavy atom. The van der Waals surface area contributed by atoms with Gasteiger partial charge < -0.3 is 10.8 Å². The van der Waals surface area contributed by atoms with E-state index in [0.717, 1.165) is 0 Å². The average Bonchev–Trinajstić information content (AvgIpc) is 2.26. The highest BCUT2D eigenvalue weighted by Gasteiger charge is 2.29. The minimum Gasteiger partial charge on any atom is -0.480 e. The summed E-state index contributed by atoms with van der Waals surface area (Å²) in [5.41, 5.74) is 4.86. The maximum Gasteiger partial charge on any atom is 0.322 e. The number of rotatable bonds is 6. The molecule has 0 heterocycles. The molecule has 0 radical (unpaired) electrons. The number of amides is 1. The van der Waals surface area contributed by atoms with Crippen molar-refractivity contribution in [2.75, 3.05) is 0 Å². The molecule has 10 heteroatoms. The smallest absolute Gasteiger partial charge is 0.322 e. The molecule has 0 aliphatic rings. The third kappa shape index (κ3) is 4.07. The molecule has 0 fully saturated rings. The van der Waals surface area contributed by atoms with Crippen LogP contribution in [0.1, 0.15) is 6.42 Å². The standard InChI is InChI=1S/C10H10Cl2N2O5S/c11-5-2-1-3-6(12)9(5)20(18,19)14-7(10(16)17)4-8(13)15/h1-3,7,14H,4H2,(H2,13,15)(H,16,17)/t7-/m0/s1. The molecule has 0 aliphatic carbocycles. The number of halogens is 2. The Balaban J connectivity index is 3.17. The largest absolute Gasteiger partial charge is 0.480 e. The minimum absolute atomic E-state index is 0.173. The quantitative estimate of drug-likeness (QED) is 0.698. The number of carbonyl (C=O) groups is 2. The summed E-state index contributed by atoms with van der Waals surface area (Å²) in [6.45, 7) is 0. The number of carboxylic acid groups (broad SMARTS) is 1. The van der Waals surface area contributed by atoms with Gasteiger partial charge in [-0.25, -0.2) is 8.42 Å². The number of aliphatic carboxylic acids is 1. The van der Waals surface area contributed by atoms with Gasteiger partial charge in [0.25, 0.3) is 0 Å². The van der Waals surface area contributed by atoms with Crippen molar-refractivity contribution in [3.05, 3.63) is 28.2 Å². The van der Waals surface area contributed by atoms with Gasteiger partial charge in [0.05, 0.1) is 16.5 Å². The lowest BCUT2D eigenvalue weighted by molar-refractivity contribution is -0.140. The van der Waals surface area contributed by atoms with E-state index >= 15 is 0 Å². The molecule has 1 atom stereocenters. The van der Waals surface area contributed by atoms with E-state index in [1.54, 1.807) is 0 Å². The van der Waals surface area contributed by atoms with Crippen LogP contribution < -0.4 is 10.5 Å². The number of hydrogen-bond acceptors (Lipinski definition) is 4. The molecule has 0 aliphatic heterocycles. The van der Waals surface area contributed by atoms with Crippen LogP contribution in [0.4, 0.5) is 0 Å². The maximum atomic E-state index is 12.1. The fourth-order valence-corrected chi connectivity index (χ4v) is 3.70. The Kier molecular flexibility index (Phi) is 5.35. The molecule has 1 aromatic carbocycles. The monoisotopic (exact) mass is 340 g/mol. The Morgan fingerprint density at radius 2 is 1.80 bits per heavy atom. The van der Waals surface area contributed by atoms with E-state index in [1.165, 1.54) is 18.2 Å². The SMILES string of the molecule is NC(=O)C[C@H](NS(=O)(=O)c1c(Cl)cccc1Cl)C(=O)O. The molecule has 1 rings (SSSR count). The fraction of sp³-hybridized carbons (Fsp3) is 0.200. The molecule has 0 saturated heterocycles. The highest BCUT2D eigenvalue weighted by molar-refractivity contribution is 7.89. The van der Waals surface area contributed by atoms with Crippen LogP contribution in [-0.2, 0) is 19.6 Å². The predicted molar refractivity (Wildman–Crippen MR) is 72.0 cm³/mol. The van der Waals surface area contributed by atoms with Crippen molar-refractivity contribution in [2.45, 2.75) is 17.4 Å². The summed E-state index contributed by atoms with van der Waals surface area (Å²) in [6.07, 6.45) is -0.698. The third-order valence-electron chi connectivity index (χ3n) is 2.19. The van der Waals surface area contributed by atoms with Gasteiger partial charge in [-0.2, -0.15) is 4.72 Å². The molecule has 0 saturated carbocycles. The zero-order valence-corrected chi connectivity index (χ0v) is 12.2. The molecule has 7 nitrogen and oxygen atoms in total. The molecular formula is C10H10Cl2N2O5S. The van der Waals surface area contributed by atoms with Crippen LogP contribution in [0.5, 0.6) is 0 Å². The number of carboxylic acids is 1. The summed E-state index contributed by atoms with van der Waals surface area (Å²) in [4.78, 5) is 21.2. The van der Waals surface area contributed by atoms with E-state index in [2.05, 4.69) is 0 Å². The van der Waals surface area contributed by atoms with Gasteiger partial charge >= 0.3 is 5.97 Å². The highest BCUT2D eigenvalue weighted by atomic mass is 35.5. The van der Waals surface area contributed by atoms with Gasteiger partial charge in [0.15, 0.2) is 0 Å². The van der Waals surface area contributed by atoms with Crippen LogP contribution in [-0.4, -0.2) is 31.4 Å².